The third-order valence-corrected chi connectivity index (χ3v) is 3.15. The van der Waals surface area contributed by atoms with Gasteiger partial charge >= 0.3 is 0 Å². The Balaban J connectivity index is 1.81. The zero-order valence-corrected chi connectivity index (χ0v) is 12.5. The molecule has 0 saturated carbocycles. The van der Waals surface area contributed by atoms with Crippen molar-refractivity contribution in [3.8, 4) is 0 Å². The largest absolute Gasteiger partial charge is 0.339 e. The molecule has 0 unspecified atom stereocenters. The molecule has 2 heterocycles. The number of hydrogen-bond donors (Lipinski definition) is 2. The van der Waals surface area contributed by atoms with Crippen LogP contribution in [0.3, 0.4) is 0 Å². The Labute approximate surface area is 133 Å². The van der Waals surface area contributed by atoms with Gasteiger partial charge in [0.15, 0.2) is 5.69 Å². The standard InChI is InChI=1S/C17H15N5O/c1-12-16(17(23)21-13-5-3-2-4-6-13)22-15(11-19-12)20-14-7-9-18-10-8-14/h2-11H,1H3,(H,21,23)(H,18,20,22). The third-order valence-electron chi connectivity index (χ3n) is 3.15. The highest BCUT2D eigenvalue weighted by Crippen LogP contribution is 2.15. The van der Waals surface area contributed by atoms with Crippen molar-refractivity contribution in [3.05, 3.63) is 72.4 Å². The first-order valence-corrected chi connectivity index (χ1v) is 7.09. The Hall–Kier alpha value is -3.28. The fourth-order valence-electron chi connectivity index (χ4n) is 2.02. The number of anilines is 3. The summed E-state index contributed by atoms with van der Waals surface area (Å²) >= 11 is 0. The van der Waals surface area contributed by atoms with Crippen LogP contribution in [0, 0.1) is 6.92 Å². The van der Waals surface area contributed by atoms with Crippen molar-refractivity contribution in [1.82, 2.24) is 15.0 Å². The van der Waals surface area contributed by atoms with Crippen molar-refractivity contribution in [3.63, 3.8) is 0 Å². The first-order valence-electron chi connectivity index (χ1n) is 7.09. The molecular formula is C17H15N5O. The van der Waals surface area contributed by atoms with Crippen molar-refractivity contribution in [1.29, 1.82) is 0 Å². The molecule has 0 aliphatic heterocycles. The minimum Gasteiger partial charge on any atom is -0.339 e. The summed E-state index contributed by atoms with van der Waals surface area (Å²) in [5, 5.41) is 5.91. The SMILES string of the molecule is Cc1ncc(Nc2ccncc2)nc1C(=O)Nc1ccccc1. The monoisotopic (exact) mass is 305 g/mol. The van der Waals surface area contributed by atoms with Crippen molar-refractivity contribution in [2.24, 2.45) is 0 Å². The van der Waals surface area contributed by atoms with Gasteiger partial charge in [-0.15, -0.1) is 0 Å². The van der Waals surface area contributed by atoms with Crippen LogP contribution >= 0.6 is 0 Å². The molecule has 2 aromatic heterocycles. The number of aryl methyl sites for hydroxylation is 1. The summed E-state index contributed by atoms with van der Waals surface area (Å²) in [6.07, 6.45) is 4.94. The molecule has 1 aromatic carbocycles. The van der Waals surface area contributed by atoms with E-state index < -0.39 is 0 Å². The summed E-state index contributed by atoms with van der Waals surface area (Å²) in [5.41, 5.74) is 2.39. The smallest absolute Gasteiger partial charge is 0.276 e. The van der Waals surface area contributed by atoms with Crippen LogP contribution < -0.4 is 10.6 Å². The van der Waals surface area contributed by atoms with Gasteiger partial charge in [0.1, 0.15) is 5.82 Å². The molecule has 1 amide bonds. The van der Waals surface area contributed by atoms with Crippen LogP contribution in [0.25, 0.3) is 0 Å². The van der Waals surface area contributed by atoms with E-state index in [-0.39, 0.29) is 11.6 Å². The van der Waals surface area contributed by atoms with E-state index in [2.05, 4.69) is 25.6 Å². The second-order valence-electron chi connectivity index (χ2n) is 4.87. The number of carbonyl (C=O) groups excluding carboxylic acids is 1. The Morgan fingerprint density at radius 1 is 1.00 bits per heavy atom. The van der Waals surface area contributed by atoms with E-state index in [0.29, 0.717) is 17.2 Å². The van der Waals surface area contributed by atoms with E-state index in [9.17, 15) is 4.79 Å². The van der Waals surface area contributed by atoms with Gasteiger partial charge in [0.25, 0.3) is 5.91 Å². The molecule has 0 fully saturated rings. The molecule has 0 radical (unpaired) electrons. The maximum absolute atomic E-state index is 12.4. The maximum Gasteiger partial charge on any atom is 0.276 e. The van der Waals surface area contributed by atoms with Crippen molar-refractivity contribution >= 4 is 23.1 Å². The van der Waals surface area contributed by atoms with Crippen molar-refractivity contribution < 1.29 is 4.79 Å². The second kappa shape index (κ2) is 6.65. The van der Waals surface area contributed by atoms with Crippen LogP contribution in [0.4, 0.5) is 17.2 Å². The van der Waals surface area contributed by atoms with Crippen molar-refractivity contribution in [2.75, 3.05) is 10.6 Å². The predicted octanol–water partition coefficient (Wildman–Crippen LogP) is 3.18. The highest BCUT2D eigenvalue weighted by molar-refractivity contribution is 6.03. The molecule has 0 saturated heterocycles. The summed E-state index contributed by atoms with van der Waals surface area (Å²) in [7, 11) is 0. The number of nitrogens with one attached hydrogen (secondary N) is 2. The van der Waals surface area contributed by atoms with Gasteiger partial charge in [-0.1, -0.05) is 18.2 Å². The van der Waals surface area contributed by atoms with Crippen molar-refractivity contribution in [2.45, 2.75) is 6.92 Å². The van der Waals surface area contributed by atoms with Crippen LogP contribution in [-0.2, 0) is 0 Å². The Morgan fingerprint density at radius 2 is 1.74 bits per heavy atom. The Morgan fingerprint density at radius 3 is 2.48 bits per heavy atom. The van der Waals surface area contributed by atoms with Crippen LogP contribution in [0.1, 0.15) is 16.2 Å². The average molecular weight is 305 g/mol. The molecule has 0 spiro atoms. The normalized spacial score (nSPS) is 10.1. The molecule has 2 N–H and O–H groups in total. The zero-order chi connectivity index (χ0) is 16.1. The highest BCUT2D eigenvalue weighted by atomic mass is 16.1. The van der Waals surface area contributed by atoms with Gasteiger partial charge in [-0.25, -0.2) is 4.98 Å². The first-order chi connectivity index (χ1) is 11.2. The van der Waals surface area contributed by atoms with E-state index in [4.69, 9.17) is 0 Å². The summed E-state index contributed by atoms with van der Waals surface area (Å²) in [6, 6.07) is 12.9. The van der Waals surface area contributed by atoms with E-state index in [1.807, 2.05) is 42.5 Å². The van der Waals surface area contributed by atoms with Crippen LogP contribution in [0.2, 0.25) is 0 Å². The molecule has 6 nitrogen and oxygen atoms in total. The highest BCUT2D eigenvalue weighted by Gasteiger charge is 2.13. The molecule has 114 valence electrons. The third kappa shape index (κ3) is 3.68. The second-order valence-corrected chi connectivity index (χ2v) is 4.87. The van der Waals surface area contributed by atoms with Gasteiger partial charge in [-0.3, -0.25) is 14.8 Å². The average Bonchev–Trinajstić information content (AvgIpc) is 2.58. The molecule has 0 bridgehead atoms. The van der Waals surface area contributed by atoms with Gasteiger partial charge in [0.2, 0.25) is 0 Å². The Bertz CT molecular complexity index is 806. The number of carbonyl (C=O) groups is 1. The lowest BCUT2D eigenvalue weighted by Gasteiger charge is -2.09. The van der Waals surface area contributed by atoms with Gasteiger partial charge in [-0.2, -0.15) is 0 Å². The topological polar surface area (TPSA) is 79.8 Å². The molecule has 0 aliphatic carbocycles. The lowest BCUT2D eigenvalue weighted by molar-refractivity contribution is 0.102. The molecule has 3 aromatic rings. The van der Waals surface area contributed by atoms with Gasteiger partial charge in [0.05, 0.1) is 11.9 Å². The molecule has 23 heavy (non-hydrogen) atoms. The first kappa shape index (κ1) is 14.6. The van der Waals surface area contributed by atoms with Gasteiger partial charge in [-0.05, 0) is 31.2 Å². The summed E-state index contributed by atoms with van der Waals surface area (Å²) < 4.78 is 0. The number of amides is 1. The lowest BCUT2D eigenvalue weighted by Crippen LogP contribution is -2.16. The van der Waals surface area contributed by atoms with Gasteiger partial charge < -0.3 is 10.6 Å². The Kier molecular flexibility index (Phi) is 4.24. The maximum atomic E-state index is 12.4. The molecule has 3 rings (SSSR count). The number of rotatable bonds is 4. The minimum atomic E-state index is -0.292. The van der Waals surface area contributed by atoms with E-state index in [1.54, 1.807) is 25.5 Å². The predicted molar refractivity (Wildman–Crippen MR) is 88.7 cm³/mol. The molecular weight excluding hydrogens is 290 g/mol. The van der Waals surface area contributed by atoms with Gasteiger partial charge in [0, 0.05) is 23.8 Å². The molecule has 0 atom stereocenters. The minimum absolute atomic E-state index is 0.285. The number of para-hydroxylation sites is 1. The van der Waals surface area contributed by atoms with Crippen LogP contribution in [0.15, 0.2) is 61.1 Å². The number of aromatic nitrogens is 3. The quantitative estimate of drug-likeness (QED) is 0.774. The molecule has 0 aliphatic rings. The number of pyridine rings is 1. The number of hydrogen-bond acceptors (Lipinski definition) is 5. The van der Waals surface area contributed by atoms with E-state index in [1.165, 1.54) is 0 Å². The summed E-state index contributed by atoms with van der Waals surface area (Å²) in [5.74, 6) is 0.208. The fraction of sp³-hybridized carbons (Fsp3) is 0.0588. The number of benzene rings is 1. The van der Waals surface area contributed by atoms with Crippen LogP contribution in [-0.4, -0.2) is 20.9 Å². The fourth-order valence-corrected chi connectivity index (χ4v) is 2.02. The summed E-state index contributed by atoms with van der Waals surface area (Å²) in [4.78, 5) is 24.9. The van der Waals surface area contributed by atoms with Crippen LogP contribution in [0.5, 0.6) is 0 Å². The van der Waals surface area contributed by atoms with E-state index in [0.717, 1.165) is 5.69 Å². The summed E-state index contributed by atoms with van der Waals surface area (Å²) in [6.45, 7) is 1.75. The molecule has 6 heteroatoms. The number of nitrogens with zero attached hydrogens (tertiary/aromatic N) is 3. The zero-order valence-electron chi connectivity index (χ0n) is 12.5. The van der Waals surface area contributed by atoms with E-state index >= 15 is 0 Å². The lowest BCUT2D eigenvalue weighted by atomic mass is 10.2.